The Morgan fingerprint density at radius 3 is 2.80 bits per heavy atom. The van der Waals surface area contributed by atoms with Crippen LogP contribution in [0.25, 0.3) is 0 Å². The molecule has 0 amide bonds. The van der Waals surface area contributed by atoms with Gasteiger partial charge in [0.15, 0.2) is 0 Å². The second-order valence-electron chi connectivity index (χ2n) is 5.56. The molecule has 1 aliphatic heterocycles. The highest BCUT2D eigenvalue weighted by molar-refractivity contribution is 5.61. The number of methoxy groups -OCH3 is 2. The highest BCUT2D eigenvalue weighted by atomic mass is 16.5. The van der Waals surface area contributed by atoms with E-state index in [1.165, 1.54) is 6.42 Å². The molecule has 1 aliphatic rings. The lowest BCUT2D eigenvalue weighted by Gasteiger charge is -2.22. The maximum absolute atomic E-state index is 9.39. The summed E-state index contributed by atoms with van der Waals surface area (Å²) in [5, 5.41) is 9.39. The normalized spacial score (nSPS) is 20.0. The summed E-state index contributed by atoms with van der Waals surface area (Å²) in [5.41, 5.74) is 1.13. The van der Waals surface area contributed by atoms with E-state index in [4.69, 9.17) is 9.47 Å². The van der Waals surface area contributed by atoms with Gasteiger partial charge in [-0.2, -0.15) is 0 Å². The second kappa shape index (κ2) is 6.84. The lowest BCUT2D eigenvalue weighted by molar-refractivity contribution is 0.175. The fourth-order valence-corrected chi connectivity index (χ4v) is 2.81. The third kappa shape index (κ3) is 3.57. The first-order valence-corrected chi connectivity index (χ1v) is 7.29. The second-order valence-corrected chi connectivity index (χ2v) is 5.56. The Morgan fingerprint density at radius 1 is 1.35 bits per heavy atom. The van der Waals surface area contributed by atoms with E-state index in [-0.39, 0.29) is 6.10 Å². The molecule has 1 saturated heterocycles. The molecule has 2 atom stereocenters. The van der Waals surface area contributed by atoms with E-state index >= 15 is 0 Å². The number of hydrogen-bond donors (Lipinski definition) is 1. The summed E-state index contributed by atoms with van der Waals surface area (Å²) in [7, 11) is 3.36. The average molecular weight is 279 g/mol. The Morgan fingerprint density at radius 2 is 2.15 bits per heavy atom. The van der Waals surface area contributed by atoms with Gasteiger partial charge in [0.25, 0.3) is 0 Å². The van der Waals surface area contributed by atoms with Crippen molar-refractivity contribution in [1.29, 1.82) is 0 Å². The van der Waals surface area contributed by atoms with Gasteiger partial charge in [0.2, 0.25) is 0 Å². The van der Waals surface area contributed by atoms with E-state index in [1.54, 1.807) is 14.2 Å². The molecule has 2 unspecified atom stereocenters. The van der Waals surface area contributed by atoms with Gasteiger partial charge in [-0.1, -0.05) is 0 Å². The fourth-order valence-electron chi connectivity index (χ4n) is 2.81. The number of nitrogens with zero attached hydrogens (tertiary/aromatic N) is 1. The summed E-state index contributed by atoms with van der Waals surface area (Å²) in [5.74, 6) is 2.34. The first-order chi connectivity index (χ1) is 9.63. The SMILES string of the molecule is COc1ccc(N2CCC(CCC(C)O)C2)c(OC)c1. The molecule has 4 heteroatoms. The van der Waals surface area contributed by atoms with Gasteiger partial charge in [-0.25, -0.2) is 0 Å². The van der Waals surface area contributed by atoms with Crippen LogP contribution in [0.1, 0.15) is 26.2 Å². The van der Waals surface area contributed by atoms with Crippen molar-refractivity contribution < 1.29 is 14.6 Å². The number of ether oxygens (including phenoxy) is 2. The summed E-state index contributed by atoms with van der Waals surface area (Å²) in [6.45, 7) is 3.95. The van der Waals surface area contributed by atoms with Crippen molar-refractivity contribution in [2.75, 3.05) is 32.2 Å². The van der Waals surface area contributed by atoms with E-state index in [0.717, 1.165) is 43.1 Å². The lowest BCUT2D eigenvalue weighted by atomic mass is 10.0. The number of hydrogen-bond acceptors (Lipinski definition) is 4. The molecule has 0 aromatic heterocycles. The number of rotatable bonds is 6. The van der Waals surface area contributed by atoms with E-state index in [2.05, 4.69) is 11.0 Å². The van der Waals surface area contributed by atoms with Crippen LogP contribution in [-0.2, 0) is 0 Å². The Kier molecular flexibility index (Phi) is 5.12. The quantitative estimate of drug-likeness (QED) is 0.869. The zero-order valence-electron chi connectivity index (χ0n) is 12.6. The Balaban J connectivity index is 2.02. The van der Waals surface area contributed by atoms with Crippen LogP contribution in [0.5, 0.6) is 11.5 Å². The Bertz CT molecular complexity index is 434. The first kappa shape index (κ1) is 15.0. The molecule has 0 saturated carbocycles. The Labute approximate surface area is 121 Å². The van der Waals surface area contributed by atoms with Gasteiger partial charge in [-0.05, 0) is 44.2 Å². The summed E-state index contributed by atoms with van der Waals surface area (Å²) < 4.78 is 10.7. The van der Waals surface area contributed by atoms with Gasteiger partial charge in [0.05, 0.1) is 26.0 Å². The van der Waals surface area contributed by atoms with Gasteiger partial charge in [0, 0.05) is 19.2 Å². The topological polar surface area (TPSA) is 41.9 Å². The fraction of sp³-hybridized carbons (Fsp3) is 0.625. The van der Waals surface area contributed by atoms with Crippen molar-refractivity contribution in [2.24, 2.45) is 5.92 Å². The van der Waals surface area contributed by atoms with Crippen LogP contribution in [0, 0.1) is 5.92 Å². The van der Waals surface area contributed by atoms with Crippen LogP contribution in [0.15, 0.2) is 18.2 Å². The van der Waals surface area contributed by atoms with Crippen molar-refractivity contribution in [3.05, 3.63) is 18.2 Å². The van der Waals surface area contributed by atoms with Crippen molar-refractivity contribution in [1.82, 2.24) is 0 Å². The highest BCUT2D eigenvalue weighted by Crippen LogP contribution is 2.36. The van der Waals surface area contributed by atoms with E-state index in [1.807, 2.05) is 19.1 Å². The monoisotopic (exact) mass is 279 g/mol. The summed E-state index contributed by atoms with van der Waals surface area (Å²) >= 11 is 0. The molecule has 2 rings (SSSR count). The van der Waals surface area contributed by atoms with E-state index in [9.17, 15) is 5.11 Å². The molecular weight excluding hydrogens is 254 g/mol. The molecule has 20 heavy (non-hydrogen) atoms. The predicted molar refractivity (Wildman–Crippen MR) is 80.8 cm³/mol. The van der Waals surface area contributed by atoms with Crippen molar-refractivity contribution in [2.45, 2.75) is 32.3 Å². The zero-order chi connectivity index (χ0) is 14.5. The third-order valence-electron chi connectivity index (χ3n) is 4.01. The number of anilines is 1. The van der Waals surface area contributed by atoms with Gasteiger partial charge < -0.3 is 19.5 Å². The summed E-state index contributed by atoms with van der Waals surface area (Å²) in [4.78, 5) is 2.37. The molecule has 0 radical (unpaired) electrons. The van der Waals surface area contributed by atoms with Crippen LogP contribution >= 0.6 is 0 Å². The number of aliphatic hydroxyl groups is 1. The van der Waals surface area contributed by atoms with Crippen LogP contribution in [0.4, 0.5) is 5.69 Å². The molecule has 1 fully saturated rings. The molecule has 0 bridgehead atoms. The highest BCUT2D eigenvalue weighted by Gasteiger charge is 2.24. The third-order valence-corrected chi connectivity index (χ3v) is 4.01. The van der Waals surface area contributed by atoms with E-state index < -0.39 is 0 Å². The standard InChI is InChI=1S/C16H25NO3/c1-12(18)4-5-13-8-9-17(11-13)15-7-6-14(19-2)10-16(15)20-3/h6-7,10,12-13,18H,4-5,8-9,11H2,1-3H3. The zero-order valence-corrected chi connectivity index (χ0v) is 12.6. The lowest BCUT2D eigenvalue weighted by Crippen LogP contribution is -2.20. The van der Waals surface area contributed by atoms with Crippen LogP contribution in [-0.4, -0.2) is 38.5 Å². The van der Waals surface area contributed by atoms with Crippen LogP contribution < -0.4 is 14.4 Å². The van der Waals surface area contributed by atoms with Crippen molar-refractivity contribution in [3.8, 4) is 11.5 Å². The smallest absolute Gasteiger partial charge is 0.145 e. The molecule has 4 nitrogen and oxygen atoms in total. The minimum atomic E-state index is -0.195. The van der Waals surface area contributed by atoms with Gasteiger partial charge in [-0.15, -0.1) is 0 Å². The maximum atomic E-state index is 9.39. The predicted octanol–water partition coefficient (Wildman–Crippen LogP) is 2.69. The molecule has 1 aromatic rings. The molecular formula is C16H25NO3. The van der Waals surface area contributed by atoms with Crippen LogP contribution in [0.3, 0.4) is 0 Å². The van der Waals surface area contributed by atoms with Crippen LogP contribution in [0.2, 0.25) is 0 Å². The minimum Gasteiger partial charge on any atom is -0.497 e. The molecule has 1 aromatic carbocycles. The summed E-state index contributed by atoms with van der Waals surface area (Å²) in [6.07, 6.45) is 2.96. The van der Waals surface area contributed by atoms with Gasteiger partial charge in [0.1, 0.15) is 11.5 Å². The largest absolute Gasteiger partial charge is 0.497 e. The number of aliphatic hydroxyl groups excluding tert-OH is 1. The van der Waals surface area contributed by atoms with Gasteiger partial charge >= 0.3 is 0 Å². The minimum absolute atomic E-state index is 0.195. The molecule has 1 heterocycles. The number of benzene rings is 1. The van der Waals surface area contributed by atoms with Crippen molar-refractivity contribution >= 4 is 5.69 Å². The van der Waals surface area contributed by atoms with E-state index in [0.29, 0.717) is 5.92 Å². The summed E-state index contributed by atoms with van der Waals surface area (Å²) in [6, 6.07) is 5.97. The Hall–Kier alpha value is -1.42. The molecule has 1 N–H and O–H groups in total. The van der Waals surface area contributed by atoms with Crippen molar-refractivity contribution in [3.63, 3.8) is 0 Å². The molecule has 0 aliphatic carbocycles. The van der Waals surface area contributed by atoms with Gasteiger partial charge in [-0.3, -0.25) is 0 Å². The first-order valence-electron chi connectivity index (χ1n) is 7.29. The maximum Gasteiger partial charge on any atom is 0.145 e. The average Bonchev–Trinajstić information content (AvgIpc) is 2.93. The molecule has 0 spiro atoms. The molecule has 112 valence electrons.